The van der Waals surface area contributed by atoms with E-state index in [9.17, 15) is 4.79 Å². The van der Waals surface area contributed by atoms with Gasteiger partial charge in [-0.05, 0) is 74.4 Å². The van der Waals surface area contributed by atoms with Crippen LogP contribution in [0.25, 0.3) is 9.53 Å². The minimum atomic E-state index is -0.345. The molecule has 0 unspecified atom stereocenters. The molecule has 10 heteroatoms. The van der Waals surface area contributed by atoms with E-state index in [1.807, 2.05) is 18.2 Å². The van der Waals surface area contributed by atoms with E-state index < -0.39 is 0 Å². The topological polar surface area (TPSA) is 91.9 Å². The van der Waals surface area contributed by atoms with Crippen LogP contribution >= 0.6 is 22.7 Å². The lowest BCUT2D eigenvalue weighted by molar-refractivity contribution is 0.0526. The van der Waals surface area contributed by atoms with Crippen LogP contribution in [0.2, 0.25) is 0 Å². The first kappa shape index (κ1) is 22.3. The number of hydrogen-bond acceptors (Lipinski definition) is 10. The predicted molar refractivity (Wildman–Crippen MR) is 136 cm³/mol. The molecule has 3 heterocycles. The Bertz CT molecular complexity index is 1300. The van der Waals surface area contributed by atoms with Crippen molar-refractivity contribution < 1.29 is 9.53 Å². The second-order valence-electron chi connectivity index (χ2n) is 7.63. The highest BCUT2D eigenvalue weighted by atomic mass is 32.1. The molecule has 1 fully saturated rings. The van der Waals surface area contributed by atoms with Gasteiger partial charge in [0.2, 0.25) is 5.13 Å². The fourth-order valence-electron chi connectivity index (χ4n) is 3.60. The number of ether oxygens (including phenoxy) is 1. The van der Waals surface area contributed by atoms with E-state index in [0.717, 1.165) is 33.3 Å². The Morgan fingerprint density at radius 1 is 0.941 bits per heavy atom. The summed E-state index contributed by atoms with van der Waals surface area (Å²) in [6.07, 6.45) is 2.52. The molecule has 4 aromatic rings. The van der Waals surface area contributed by atoms with Crippen LogP contribution in [-0.2, 0) is 4.74 Å². The average Bonchev–Trinajstić information content (AvgIpc) is 3.59. The molecule has 0 radical (unpaired) electrons. The molecular formula is C24H22N6O2S2. The molecule has 0 N–H and O–H groups in total. The SMILES string of the molecule is CCOC(=O)c1ccc(N=Nc2cc3sc(N=Nc4ccc(N5CCCC5)cc4)nc3s2)cc1. The van der Waals surface area contributed by atoms with Crippen molar-refractivity contribution in [3.8, 4) is 0 Å². The summed E-state index contributed by atoms with van der Waals surface area (Å²) in [6.45, 7) is 4.37. The second kappa shape index (κ2) is 10.2. The molecule has 34 heavy (non-hydrogen) atoms. The number of thiazole rings is 1. The second-order valence-corrected chi connectivity index (χ2v) is 9.65. The standard InChI is InChI=1S/C24H22N6O2S2/c1-2-32-23(31)16-5-7-17(8-6-16)26-28-21-15-20-22(34-21)25-24(33-20)29-27-18-9-11-19(12-10-18)30-13-3-4-14-30/h5-12,15H,2-4,13-14H2,1H3. The van der Waals surface area contributed by atoms with Gasteiger partial charge in [0.1, 0.15) is 9.83 Å². The Kier molecular flexibility index (Phi) is 6.68. The van der Waals surface area contributed by atoms with Crippen molar-refractivity contribution >= 4 is 65.4 Å². The molecule has 0 atom stereocenters. The third-order valence-electron chi connectivity index (χ3n) is 5.28. The van der Waals surface area contributed by atoms with Crippen molar-refractivity contribution in [2.75, 3.05) is 24.6 Å². The van der Waals surface area contributed by atoms with Crippen LogP contribution in [0.4, 0.5) is 27.2 Å². The van der Waals surface area contributed by atoms with Gasteiger partial charge in [-0.15, -0.1) is 20.5 Å². The van der Waals surface area contributed by atoms with Crippen LogP contribution in [0.5, 0.6) is 0 Å². The maximum atomic E-state index is 11.7. The molecule has 0 bridgehead atoms. The van der Waals surface area contributed by atoms with Crippen LogP contribution in [0.1, 0.15) is 30.1 Å². The summed E-state index contributed by atoms with van der Waals surface area (Å²) in [4.78, 5) is 19.5. The lowest BCUT2D eigenvalue weighted by Gasteiger charge is -2.17. The highest BCUT2D eigenvalue weighted by Crippen LogP contribution is 2.39. The number of benzene rings is 2. The molecule has 172 valence electrons. The van der Waals surface area contributed by atoms with Gasteiger partial charge in [0.15, 0.2) is 0 Å². The number of aromatic nitrogens is 1. The number of anilines is 1. The molecule has 0 amide bonds. The maximum absolute atomic E-state index is 11.7. The molecule has 2 aromatic heterocycles. The van der Waals surface area contributed by atoms with Gasteiger partial charge in [0, 0.05) is 18.8 Å². The Morgan fingerprint density at radius 2 is 1.62 bits per heavy atom. The van der Waals surface area contributed by atoms with Gasteiger partial charge < -0.3 is 9.64 Å². The quantitative estimate of drug-likeness (QED) is 0.194. The smallest absolute Gasteiger partial charge is 0.338 e. The van der Waals surface area contributed by atoms with Crippen LogP contribution in [-0.4, -0.2) is 30.6 Å². The molecule has 1 aliphatic heterocycles. The lowest BCUT2D eigenvalue weighted by Crippen LogP contribution is -2.17. The Labute approximate surface area is 204 Å². The molecule has 0 aliphatic carbocycles. The van der Waals surface area contributed by atoms with Crippen molar-refractivity contribution in [1.29, 1.82) is 0 Å². The molecule has 1 saturated heterocycles. The van der Waals surface area contributed by atoms with E-state index in [4.69, 9.17) is 4.74 Å². The van der Waals surface area contributed by atoms with Crippen molar-refractivity contribution in [2.45, 2.75) is 19.8 Å². The summed E-state index contributed by atoms with van der Waals surface area (Å²) >= 11 is 2.92. The first-order chi connectivity index (χ1) is 16.7. The molecular weight excluding hydrogens is 468 g/mol. The Hall–Kier alpha value is -3.50. The average molecular weight is 491 g/mol. The molecule has 1 aliphatic rings. The van der Waals surface area contributed by atoms with E-state index in [1.165, 1.54) is 41.2 Å². The minimum absolute atomic E-state index is 0.345. The number of thiophene rings is 1. The number of esters is 1. The third-order valence-corrected chi connectivity index (χ3v) is 7.21. The monoisotopic (exact) mass is 490 g/mol. The lowest BCUT2D eigenvalue weighted by atomic mass is 10.2. The maximum Gasteiger partial charge on any atom is 0.338 e. The van der Waals surface area contributed by atoms with Crippen molar-refractivity contribution in [3.63, 3.8) is 0 Å². The van der Waals surface area contributed by atoms with Gasteiger partial charge in [-0.1, -0.05) is 22.7 Å². The Balaban J connectivity index is 1.22. The number of carbonyl (C=O) groups excluding carboxylic acids is 1. The number of carbonyl (C=O) groups is 1. The summed E-state index contributed by atoms with van der Waals surface area (Å²) in [5, 5.41) is 18.5. The van der Waals surface area contributed by atoms with Gasteiger partial charge >= 0.3 is 5.97 Å². The van der Waals surface area contributed by atoms with Gasteiger partial charge in [-0.3, -0.25) is 0 Å². The highest BCUT2D eigenvalue weighted by molar-refractivity contribution is 7.30. The van der Waals surface area contributed by atoms with Crippen molar-refractivity contribution in [1.82, 2.24) is 4.98 Å². The molecule has 2 aromatic carbocycles. The van der Waals surface area contributed by atoms with E-state index in [1.54, 1.807) is 31.2 Å². The zero-order chi connectivity index (χ0) is 23.3. The third kappa shape index (κ3) is 5.18. The predicted octanol–water partition coefficient (Wildman–Crippen LogP) is 7.97. The van der Waals surface area contributed by atoms with Gasteiger partial charge in [-0.25, -0.2) is 9.78 Å². The molecule has 0 spiro atoms. The summed E-state index contributed by atoms with van der Waals surface area (Å²) < 4.78 is 5.98. The summed E-state index contributed by atoms with van der Waals surface area (Å²) in [7, 11) is 0. The summed E-state index contributed by atoms with van der Waals surface area (Å²) in [5.74, 6) is -0.345. The summed E-state index contributed by atoms with van der Waals surface area (Å²) in [5.41, 5.74) is 3.20. The van der Waals surface area contributed by atoms with Crippen LogP contribution in [0.3, 0.4) is 0 Å². The zero-order valence-corrected chi connectivity index (χ0v) is 20.2. The largest absolute Gasteiger partial charge is 0.462 e. The molecule has 5 rings (SSSR count). The number of hydrogen-bond donors (Lipinski definition) is 0. The molecule has 0 saturated carbocycles. The van der Waals surface area contributed by atoms with E-state index in [2.05, 4.69) is 42.5 Å². The minimum Gasteiger partial charge on any atom is -0.462 e. The summed E-state index contributed by atoms with van der Waals surface area (Å²) in [6, 6.07) is 17.0. The Morgan fingerprint density at radius 3 is 2.29 bits per heavy atom. The van der Waals surface area contributed by atoms with E-state index in [-0.39, 0.29) is 5.97 Å². The highest BCUT2D eigenvalue weighted by Gasteiger charge is 2.12. The first-order valence-electron chi connectivity index (χ1n) is 11.0. The molecule has 8 nitrogen and oxygen atoms in total. The fourth-order valence-corrected chi connectivity index (χ4v) is 5.44. The number of rotatable bonds is 7. The normalized spacial score (nSPS) is 14.1. The van der Waals surface area contributed by atoms with Crippen LogP contribution in [0, 0.1) is 0 Å². The van der Waals surface area contributed by atoms with E-state index >= 15 is 0 Å². The number of fused-ring (bicyclic) bond motifs is 1. The number of azo groups is 2. The fraction of sp³-hybridized carbons (Fsp3) is 0.250. The zero-order valence-electron chi connectivity index (χ0n) is 18.5. The van der Waals surface area contributed by atoms with E-state index in [0.29, 0.717) is 23.0 Å². The van der Waals surface area contributed by atoms with Crippen molar-refractivity contribution in [3.05, 3.63) is 60.2 Å². The van der Waals surface area contributed by atoms with Gasteiger partial charge in [0.25, 0.3) is 0 Å². The number of nitrogens with zero attached hydrogens (tertiary/aromatic N) is 6. The van der Waals surface area contributed by atoms with Gasteiger partial charge in [0.05, 0.1) is 28.2 Å². The van der Waals surface area contributed by atoms with Crippen LogP contribution < -0.4 is 4.90 Å². The van der Waals surface area contributed by atoms with Crippen LogP contribution in [0.15, 0.2) is 75.1 Å². The van der Waals surface area contributed by atoms with Gasteiger partial charge in [-0.2, -0.15) is 0 Å². The first-order valence-corrected chi connectivity index (χ1v) is 12.7. The van der Waals surface area contributed by atoms with Crippen molar-refractivity contribution in [2.24, 2.45) is 20.5 Å².